The number of carbonyl (C=O) groups is 1. The van der Waals surface area contributed by atoms with Crippen LogP contribution in [0.2, 0.25) is 5.02 Å². The number of likely N-dealkylation sites (N-methyl/N-ethyl adjacent to an activating group) is 1. The van der Waals surface area contributed by atoms with Gasteiger partial charge in [-0.05, 0) is 134 Å². The Kier molecular flexibility index (Phi) is 17.3. The number of hydrogen-bond donors (Lipinski definition) is 5. The van der Waals surface area contributed by atoms with Gasteiger partial charge in [-0.15, -0.1) is 11.8 Å². The van der Waals surface area contributed by atoms with Crippen LogP contribution < -0.4 is 25.2 Å². The second kappa shape index (κ2) is 22.9. The van der Waals surface area contributed by atoms with Crippen LogP contribution in [0.25, 0.3) is 11.1 Å². The molecule has 13 nitrogen and oxygen atoms in total. The molecule has 0 aromatic heterocycles. The molecule has 0 aliphatic carbocycles. The molecule has 5 N–H and O–H groups in total. The number of anilines is 3. The zero-order chi connectivity index (χ0) is 49.3. The third kappa shape index (κ3) is 13.1. The number of thioether (sulfide) groups is 1. The Hall–Kier alpha value is -4.86. The van der Waals surface area contributed by atoms with Crippen molar-refractivity contribution in [2.24, 2.45) is 5.92 Å². The van der Waals surface area contributed by atoms with E-state index in [0.717, 1.165) is 71.3 Å². The van der Waals surface area contributed by atoms with E-state index >= 15 is 0 Å². The van der Waals surface area contributed by atoms with Crippen LogP contribution in [0.3, 0.4) is 0 Å². The van der Waals surface area contributed by atoms with E-state index in [1.807, 2.05) is 64.2 Å². The fraction of sp³-hybridized carbons (Fsp3) is 0.367. The highest BCUT2D eigenvalue weighted by atomic mass is 35.5. The smallest absolute Gasteiger partial charge is 0.395 e. The molecule has 0 radical (unpaired) electrons. The van der Waals surface area contributed by atoms with Gasteiger partial charge in [-0.2, -0.15) is 13.2 Å². The molecule has 2 atom stereocenters. The molecule has 2 heterocycles. The van der Waals surface area contributed by atoms with Crippen molar-refractivity contribution < 1.29 is 45.0 Å². The van der Waals surface area contributed by atoms with E-state index in [0.29, 0.717) is 62.3 Å². The summed E-state index contributed by atoms with van der Waals surface area (Å²) in [5.74, 6) is -0.824. The van der Waals surface area contributed by atoms with E-state index in [1.165, 1.54) is 23.9 Å². The minimum absolute atomic E-state index is 0.0539. The van der Waals surface area contributed by atoms with E-state index < -0.39 is 58.9 Å². The maximum Gasteiger partial charge on any atom is 0.501 e. The van der Waals surface area contributed by atoms with Crippen molar-refractivity contribution in [3.63, 3.8) is 0 Å². The monoisotopic (exact) mass is 1030 g/mol. The maximum absolute atomic E-state index is 14.2. The van der Waals surface area contributed by atoms with Gasteiger partial charge in [0.05, 0.1) is 23.3 Å². The number of hydrogen-bond acceptors (Lipinski definition) is 13. The van der Waals surface area contributed by atoms with Gasteiger partial charge in [0.2, 0.25) is 0 Å². The van der Waals surface area contributed by atoms with Gasteiger partial charge in [0.15, 0.2) is 0 Å². The number of alkyl halides is 3. The summed E-state index contributed by atoms with van der Waals surface area (Å²) < 4.78 is 97.6. The lowest BCUT2D eigenvalue weighted by Gasteiger charge is -2.37. The first-order chi connectivity index (χ1) is 32.9. The topological polar surface area (TPSA) is 172 Å². The highest BCUT2D eigenvalue weighted by Gasteiger charge is 2.48. The van der Waals surface area contributed by atoms with Crippen LogP contribution in [0, 0.1) is 5.92 Å². The van der Waals surface area contributed by atoms with Gasteiger partial charge >= 0.3 is 5.51 Å². The van der Waals surface area contributed by atoms with Crippen molar-refractivity contribution in [3.05, 3.63) is 131 Å². The molecule has 2 saturated heterocycles. The molecule has 0 spiro atoms. The van der Waals surface area contributed by atoms with Gasteiger partial charge in [-0.3, -0.25) is 4.79 Å². The number of sulfone groups is 1. The number of benzene rings is 5. The first-order valence-electron chi connectivity index (χ1n) is 22.6. The van der Waals surface area contributed by atoms with E-state index in [4.69, 9.17) is 11.6 Å². The molecule has 0 saturated carbocycles. The number of rotatable bonds is 19. The first-order valence-corrected chi connectivity index (χ1v) is 26.9. The Morgan fingerprint density at radius 1 is 0.855 bits per heavy atom. The molecular formula is C49H56ClF3N6O7S3. The Balaban J connectivity index is 1.03. The number of nitrogens with zero attached hydrogens (tertiary/aromatic N) is 3. The molecule has 2 aliphatic rings. The summed E-state index contributed by atoms with van der Waals surface area (Å²) >= 11 is 7.60. The number of piperazine rings is 1. The van der Waals surface area contributed by atoms with E-state index in [1.54, 1.807) is 19.2 Å². The molecule has 2 aliphatic heterocycles. The molecule has 1 amide bonds. The van der Waals surface area contributed by atoms with Crippen LogP contribution in [0.4, 0.5) is 30.2 Å². The third-order valence-corrected chi connectivity index (χ3v) is 16.7. The molecule has 0 bridgehead atoms. The fourth-order valence-electron chi connectivity index (χ4n) is 8.52. The number of aliphatic hydroxyl groups is 2. The van der Waals surface area contributed by atoms with Gasteiger partial charge < -0.3 is 35.5 Å². The summed E-state index contributed by atoms with van der Waals surface area (Å²) in [7, 11) is -9.24. The van der Waals surface area contributed by atoms with Crippen molar-refractivity contribution in [2.75, 3.05) is 86.9 Å². The third-order valence-electron chi connectivity index (χ3n) is 12.5. The van der Waals surface area contributed by atoms with Crippen LogP contribution in [-0.2, 0) is 19.9 Å². The largest absolute Gasteiger partial charge is 0.501 e. The van der Waals surface area contributed by atoms with E-state index in [-0.39, 0.29) is 18.1 Å². The van der Waals surface area contributed by atoms with Crippen molar-refractivity contribution in [1.82, 2.24) is 14.9 Å². The van der Waals surface area contributed by atoms with Crippen LogP contribution in [0.15, 0.2) is 130 Å². The van der Waals surface area contributed by atoms with Crippen molar-refractivity contribution >= 4 is 66.2 Å². The van der Waals surface area contributed by atoms with Crippen LogP contribution in [0.5, 0.6) is 0 Å². The number of piperidine rings is 1. The van der Waals surface area contributed by atoms with Crippen LogP contribution >= 0.6 is 23.4 Å². The SMILES string of the molecule is CN(CCO)CC[C@H](CSc1ccccc1)Nc1ccc(S(=O)(=O)NC(=O)c2ccc(N3CCC([C@H](O)c4cc(N5CCNCC5)ccc4-c4ccc(Cl)cc4)CC3)cc2)cc1S(=O)(=O)C(F)(F)F. The van der Waals surface area contributed by atoms with Gasteiger partial charge in [0.1, 0.15) is 4.90 Å². The average Bonchev–Trinajstić information content (AvgIpc) is 3.35. The molecular weight excluding hydrogens is 973 g/mol. The second-order valence-corrected chi connectivity index (χ2v) is 22.3. The predicted molar refractivity (Wildman–Crippen MR) is 266 cm³/mol. The molecule has 7 rings (SSSR count). The summed E-state index contributed by atoms with van der Waals surface area (Å²) in [6.07, 6.45) is 0.906. The maximum atomic E-state index is 14.2. The standard InChI is InChI=1S/C49H56ClF3N6O7S3/c1-57(29-30-60)24-21-38(33-67-41-5-3-2-4-6-41)55-45-18-16-42(32-46(45)68(63,64)49(51,52)53)69(65,66)56-48(62)36-9-13-39(14-10-36)58-25-19-35(20-26-58)47(61)44-31-40(59-27-22-54-23-28-59)15-17-43(44)34-7-11-37(50)12-8-34/h2-18,31-32,35,38,47,54-55,60-61H,19-30,33H2,1H3,(H,56,62)/t38-,47+/m1/s1. The Morgan fingerprint density at radius 3 is 2.16 bits per heavy atom. The molecule has 5 aromatic carbocycles. The lowest BCUT2D eigenvalue weighted by atomic mass is 9.84. The minimum atomic E-state index is -6.10. The number of aliphatic hydroxyl groups excluding tert-OH is 2. The second-order valence-electron chi connectivity index (χ2n) is 17.2. The number of amides is 1. The Labute approximate surface area is 411 Å². The van der Waals surface area contributed by atoms with Gasteiger partial charge in [-0.25, -0.2) is 21.6 Å². The van der Waals surface area contributed by atoms with Crippen LogP contribution in [-0.4, -0.2) is 121 Å². The Morgan fingerprint density at radius 2 is 1.51 bits per heavy atom. The highest BCUT2D eigenvalue weighted by Crippen LogP contribution is 2.40. The quantitative estimate of drug-likeness (QED) is 0.0512. The molecule has 370 valence electrons. The van der Waals surface area contributed by atoms with E-state index in [2.05, 4.69) is 38.6 Å². The zero-order valence-corrected chi connectivity index (χ0v) is 41.1. The fourth-order valence-corrected chi connectivity index (χ4v) is 11.7. The number of halogens is 4. The van der Waals surface area contributed by atoms with Gasteiger partial charge in [-0.1, -0.05) is 48.0 Å². The molecule has 2 fully saturated rings. The van der Waals surface area contributed by atoms with Crippen molar-refractivity contribution in [1.29, 1.82) is 0 Å². The first kappa shape index (κ1) is 52.0. The summed E-state index contributed by atoms with van der Waals surface area (Å²) in [5.41, 5.74) is -1.75. The lowest BCUT2D eigenvalue weighted by molar-refractivity contribution is -0.0435. The highest BCUT2D eigenvalue weighted by molar-refractivity contribution is 7.99. The van der Waals surface area contributed by atoms with Gasteiger partial charge in [0, 0.05) is 84.5 Å². The minimum Gasteiger partial charge on any atom is -0.395 e. The summed E-state index contributed by atoms with van der Waals surface area (Å²) in [6, 6.07) is 30.9. The summed E-state index contributed by atoms with van der Waals surface area (Å²) in [4.78, 5) is 18.3. The summed E-state index contributed by atoms with van der Waals surface area (Å²) in [5, 5.41) is 28.3. The number of nitrogens with one attached hydrogen (secondary N) is 3. The molecule has 69 heavy (non-hydrogen) atoms. The van der Waals surface area contributed by atoms with Crippen LogP contribution in [0.1, 0.15) is 41.3 Å². The number of carbonyl (C=O) groups excluding carboxylic acids is 1. The zero-order valence-electron chi connectivity index (χ0n) is 37.9. The molecule has 0 unspecified atom stereocenters. The van der Waals surface area contributed by atoms with Crippen molar-refractivity contribution in [3.8, 4) is 11.1 Å². The lowest BCUT2D eigenvalue weighted by Crippen LogP contribution is -2.43. The van der Waals surface area contributed by atoms with Gasteiger partial charge in [0.25, 0.3) is 25.8 Å². The normalized spacial score (nSPS) is 16.1. The number of sulfonamides is 1. The molecule has 5 aromatic rings. The van der Waals surface area contributed by atoms with Crippen molar-refractivity contribution in [2.45, 2.75) is 51.6 Å². The summed E-state index contributed by atoms with van der Waals surface area (Å²) in [6.45, 7) is 5.27. The Bertz CT molecular complexity index is 2750. The predicted octanol–water partition coefficient (Wildman–Crippen LogP) is 7.67. The van der Waals surface area contributed by atoms with E-state index in [9.17, 15) is 45.0 Å². The average molecular weight is 1030 g/mol. The molecule has 20 heteroatoms.